The highest BCUT2D eigenvalue weighted by Gasteiger charge is 2.16. The highest BCUT2D eigenvalue weighted by Crippen LogP contribution is 2.34. The summed E-state index contributed by atoms with van der Waals surface area (Å²) in [5, 5.41) is 19.0. The zero-order chi connectivity index (χ0) is 25.3. The van der Waals surface area contributed by atoms with Crippen molar-refractivity contribution in [2.45, 2.75) is 0 Å². The molecule has 6 nitrogen and oxygen atoms in total. The van der Waals surface area contributed by atoms with E-state index in [2.05, 4.69) is 25.9 Å². The SMILES string of the molecule is Nc1cccnc1-c1cccc(Cl)c1Cl.Nc1cccnc1Br.OB(O)c1cccc(Cl)c1Cl. The fourth-order valence-corrected chi connectivity index (χ4v) is 3.49. The normalized spacial score (nSPS) is 9.85. The molecule has 34 heavy (non-hydrogen) atoms. The third-order valence-corrected chi connectivity index (χ3v) is 6.41. The van der Waals surface area contributed by atoms with Crippen molar-refractivity contribution in [3.63, 3.8) is 0 Å². The molecule has 0 fully saturated rings. The van der Waals surface area contributed by atoms with Crippen molar-refractivity contribution in [2.75, 3.05) is 11.5 Å². The molecule has 4 aromatic rings. The summed E-state index contributed by atoms with van der Waals surface area (Å²) in [6, 6.07) is 17.2. The molecule has 12 heteroatoms. The number of anilines is 2. The topological polar surface area (TPSA) is 118 Å². The molecule has 0 aliphatic heterocycles. The van der Waals surface area contributed by atoms with Crippen LogP contribution in [0.1, 0.15) is 0 Å². The maximum Gasteiger partial charge on any atom is 0.490 e. The predicted molar refractivity (Wildman–Crippen MR) is 147 cm³/mol. The number of nitrogens with zero attached hydrogens (tertiary/aromatic N) is 2. The molecule has 0 aliphatic carbocycles. The van der Waals surface area contributed by atoms with Gasteiger partial charge in [0.05, 0.1) is 37.2 Å². The molecule has 2 aromatic carbocycles. The van der Waals surface area contributed by atoms with Crippen LogP contribution in [-0.2, 0) is 0 Å². The highest BCUT2D eigenvalue weighted by molar-refractivity contribution is 9.10. The van der Waals surface area contributed by atoms with E-state index in [1.807, 2.05) is 12.1 Å². The van der Waals surface area contributed by atoms with Crippen molar-refractivity contribution in [3.8, 4) is 11.3 Å². The van der Waals surface area contributed by atoms with Gasteiger partial charge in [-0.05, 0) is 52.3 Å². The largest absolute Gasteiger partial charge is 0.490 e. The molecule has 0 bridgehead atoms. The summed E-state index contributed by atoms with van der Waals surface area (Å²) >= 11 is 26.4. The Hall–Kier alpha value is -2.04. The summed E-state index contributed by atoms with van der Waals surface area (Å²) in [4.78, 5) is 8.05. The van der Waals surface area contributed by atoms with Gasteiger partial charge < -0.3 is 21.5 Å². The smallest absolute Gasteiger partial charge is 0.423 e. The molecule has 0 radical (unpaired) electrons. The van der Waals surface area contributed by atoms with Crippen LogP contribution in [0.5, 0.6) is 0 Å². The quantitative estimate of drug-likeness (QED) is 0.172. The number of pyridine rings is 2. The monoisotopic (exact) mass is 600 g/mol. The first-order chi connectivity index (χ1) is 16.1. The molecular weight excluding hydrogens is 585 g/mol. The summed E-state index contributed by atoms with van der Waals surface area (Å²) in [5.74, 6) is 0. The van der Waals surface area contributed by atoms with Gasteiger partial charge in [0.1, 0.15) is 4.60 Å². The molecule has 0 saturated heterocycles. The minimum absolute atomic E-state index is 0.184. The molecule has 176 valence electrons. The number of hydrogen-bond acceptors (Lipinski definition) is 6. The van der Waals surface area contributed by atoms with Crippen LogP contribution in [0.3, 0.4) is 0 Å². The van der Waals surface area contributed by atoms with Gasteiger partial charge in [0, 0.05) is 23.4 Å². The van der Waals surface area contributed by atoms with Crippen LogP contribution >= 0.6 is 62.3 Å². The van der Waals surface area contributed by atoms with Gasteiger partial charge in [0.15, 0.2) is 0 Å². The van der Waals surface area contributed by atoms with Gasteiger partial charge in [-0.1, -0.05) is 70.7 Å². The summed E-state index contributed by atoms with van der Waals surface area (Å²) in [6.45, 7) is 0. The first-order valence-corrected chi connectivity index (χ1v) is 11.7. The number of hydrogen-bond donors (Lipinski definition) is 4. The number of benzene rings is 2. The van der Waals surface area contributed by atoms with Crippen LogP contribution in [-0.4, -0.2) is 27.1 Å². The Morgan fingerprint density at radius 3 is 1.76 bits per heavy atom. The molecule has 0 aliphatic rings. The van der Waals surface area contributed by atoms with Crippen LogP contribution in [0.15, 0.2) is 77.7 Å². The molecule has 4 rings (SSSR count). The lowest BCUT2D eigenvalue weighted by molar-refractivity contribution is 0.426. The number of rotatable bonds is 2. The van der Waals surface area contributed by atoms with E-state index < -0.39 is 7.12 Å². The Morgan fingerprint density at radius 2 is 1.26 bits per heavy atom. The summed E-state index contributed by atoms with van der Waals surface area (Å²) < 4.78 is 0.708. The van der Waals surface area contributed by atoms with E-state index >= 15 is 0 Å². The van der Waals surface area contributed by atoms with Gasteiger partial charge in [-0.3, -0.25) is 4.98 Å². The first kappa shape index (κ1) is 28.2. The molecule has 6 N–H and O–H groups in total. The fourth-order valence-electron chi connectivity index (χ4n) is 2.45. The molecule has 0 saturated carbocycles. The van der Waals surface area contributed by atoms with Crippen molar-refractivity contribution in [3.05, 3.63) is 97.8 Å². The third-order valence-electron chi connectivity index (χ3n) is 4.09. The van der Waals surface area contributed by atoms with Crippen LogP contribution in [0.2, 0.25) is 20.1 Å². The van der Waals surface area contributed by atoms with E-state index in [4.69, 9.17) is 67.9 Å². The Labute approximate surface area is 225 Å². The minimum Gasteiger partial charge on any atom is -0.423 e. The van der Waals surface area contributed by atoms with Crippen LogP contribution in [0.4, 0.5) is 11.4 Å². The van der Waals surface area contributed by atoms with E-state index in [-0.39, 0.29) is 10.5 Å². The van der Waals surface area contributed by atoms with Crippen LogP contribution in [0, 0.1) is 0 Å². The van der Waals surface area contributed by atoms with Crippen LogP contribution in [0.25, 0.3) is 11.3 Å². The van der Waals surface area contributed by atoms with Crippen molar-refractivity contribution >= 4 is 86.3 Å². The number of nitrogen functional groups attached to an aromatic ring is 2. The second kappa shape index (κ2) is 13.8. The summed E-state index contributed by atoms with van der Waals surface area (Å²) in [7, 11) is -1.57. The Balaban J connectivity index is 0.000000190. The molecular formula is C22H18BBrCl4N4O2. The van der Waals surface area contributed by atoms with Gasteiger partial charge in [0.2, 0.25) is 0 Å². The number of aromatic nitrogens is 2. The summed E-state index contributed by atoms with van der Waals surface area (Å²) in [5.41, 5.74) is 14.1. The van der Waals surface area contributed by atoms with E-state index in [0.717, 1.165) is 5.56 Å². The van der Waals surface area contributed by atoms with Crippen LogP contribution < -0.4 is 16.9 Å². The molecule has 0 unspecified atom stereocenters. The van der Waals surface area contributed by atoms with E-state index in [9.17, 15) is 0 Å². The number of halogens is 5. The third kappa shape index (κ3) is 8.03. The van der Waals surface area contributed by atoms with Crippen molar-refractivity contribution in [2.24, 2.45) is 0 Å². The van der Waals surface area contributed by atoms with E-state index in [1.54, 1.807) is 54.9 Å². The number of nitrogens with two attached hydrogens (primary N) is 2. The van der Waals surface area contributed by atoms with Gasteiger partial charge in [0.25, 0.3) is 0 Å². The average molecular weight is 603 g/mol. The first-order valence-electron chi connectivity index (χ1n) is 9.44. The second-order valence-corrected chi connectivity index (χ2v) is 8.76. The maximum absolute atomic E-state index is 8.74. The Bertz CT molecular complexity index is 1230. The van der Waals surface area contributed by atoms with Crippen molar-refractivity contribution < 1.29 is 10.0 Å². The molecule has 0 spiro atoms. The molecule has 2 aromatic heterocycles. The van der Waals surface area contributed by atoms with Crippen molar-refractivity contribution in [1.29, 1.82) is 0 Å². The fraction of sp³-hybridized carbons (Fsp3) is 0. The standard InChI is InChI=1S/C11H8Cl2N2.C6H5BCl2O2.C5H5BrN2/c12-8-4-1-3-7(10(8)13)11-9(14)5-2-6-15-11;8-5-3-1-2-4(6(5)9)7(10)11;6-5-4(7)2-1-3-8-5/h1-6H,14H2;1-3,10-11H;1-3H,7H2. The van der Waals surface area contributed by atoms with Gasteiger partial charge in [-0.2, -0.15) is 0 Å². The average Bonchev–Trinajstić information content (AvgIpc) is 2.81. The zero-order valence-corrected chi connectivity index (χ0v) is 21.9. The predicted octanol–water partition coefficient (Wildman–Crippen LogP) is 5.74. The minimum atomic E-state index is -1.57. The lowest BCUT2D eigenvalue weighted by Crippen LogP contribution is -2.30. The summed E-state index contributed by atoms with van der Waals surface area (Å²) in [6.07, 6.45) is 3.35. The molecule has 0 atom stereocenters. The van der Waals surface area contributed by atoms with Gasteiger partial charge >= 0.3 is 7.12 Å². The zero-order valence-electron chi connectivity index (χ0n) is 17.3. The van der Waals surface area contributed by atoms with Gasteiger partial charge in [-0.15, -0.1) is 0 Å². The maximum atomic E-state index is 8.74. The van der Waals surface area contributed by atoms with E-state index in [0.29, 0.717) is 36.7 Å². The second-order valence-electron chi connectivity index (χ2n) is 6.44. The highest BCUT2D eigenvalue weighted by atomic mass is 79.9. The lowest BCUT2D eigenvalue weighted by atomic mass is 9.80. The Morgan fingerprint density at radius 1 is 0.706 bits per heavy atom. The molecule has 0 amide bonds. The molecule has 2 heterocycles. The Kier molecular flexibility index (Phi) is 11.4. The lowest BCUT2D eigenvalue weighted by Gasteiger charge is -2.07. The van der Waals surface area contributed by atoms with Gasteiger partial charge in [-0.25, -0.2) is 4.98 Å². The van der Waals surface area contributed by atoms with E-state index in [1.165, 1.54) is 6.07 Å². The van der Waals surface area contributed by atoms with Crippen molar-refractivity contribution in [1.82, 2.24) is 9.97 Å².